The molecule has 6 nitrogen and oxygen atoms in total. The molecule has 2 aliphatic rings. The van der Waals surface area contributed by atoms with Crippen molar-refractivity contribution in [3.8, 4) is 0 Å². The van der Waals surface area contributed by atoms with E-state index in [4.69, 9.17) is 9.72 Å². The first kappa shape index (κ1) is 14.7. The number of rotatable bonds is 5. The molecule has 4 heterocycles. The summed E-state index contributed by atoms with van der Waals surface area (Å²) in [6, 6.07) is 5.88. The highest BCUT2D eigenvalue weighted by Crippen LogP contribution is 2.19. The SMILES string of the molecule is c1ccc(NCc2cn3c(n2)CN(CC2CCOC2)CC3)nc1. The summed E-state index contributed by atoms with van der Waals surface area (Å²) in [5.74, 6) is 2.76. The lowest BCUT2D eigenvalue weighted by Gasteiger charge is -2.29. The van der Waals surface area contributed by atoms with Crippen molar-refractivity contribution in [1.82, 2.24) is 19.4 Å². The molecule has 6 heteroatoms. The fourth-order valence-corrected chi connectivity index (χ4v) is 3.34. The van der Waals surface area contributed by atoms with Gasteiger partial charge in [-0.05, 0) is 24.5 Å². The Kier molecular flexibility index (Phi) is 4.26. The summed E-state index contributed by atoms with van der Waals surface area (Å²) in [5, 5.41) is 3.32. The summed E-state index contributed by atoms with van der Waals surface area (Å²) in [7, 11) is 0. The zero-order valence-electron chi connectivity index (χ0n) is 13.3. The van der Waals surface area contributed by atoms with Crippen LogP contribution in [0.15, 0.2) is 30.6 Å². The molecule has 2 aromatic rings. The first-order chi connectivity index (χ1) is 11.4. The summed E-state index contributed by atoms with van der Waals surface area (Å²) in [6.45, 7) is 6.77. The zero-order chi connectivity index (χ0) is 15.5. The van der Waals surface area contributed by atoms with Crippen LogP contribution in [0.3, 0.4) is 0 Å². The van der Waals surface area contributed by atoms with E-state index < -0.39 is 0 Å². The average Bonchev–Trinajstić information content (AvgIpc) is 3.23. The van der Waals surface area contributed by atoms with Crippen LogP contribution in [0.2, 0.25) is 0 Å². The molecule has 0 amide bonds. The van der Waals surface area contributed by atoms with Gasteiger partial charge in [0.05, 0.1) is 25.4 Å². The molecule has 0 spiro atoms. The molecule has 1 atom stereocenters. The van der Waals surface area contributed by atoms with E-state index in [0.29, 0.717) is 12.5 Å². The maximum atomic E-state index is 5.48. The van der Waals surface area contributed by atoms with Gasteiger partial charge in [-0.15, -0.1) is 0 Å². The van der Waals surface area contributed by atoms with Crippen LogP contribution in [0.4, 0.5) is 5.82 Å². The molecule has 2 aliphatic heterocycles. The van der Waals surface area contributed by atoms with E-state index in [2.05, 4.69) is 26.0 Å². The quantitative estimate of drug-likeness (QED) is 0.911. The second kappa shape index (κ2) is 6.68. The number of hydrogen-bond donors (Lipinski definition) is 1. The summed E-state index contributed by atoms with van der Waals surface area (Å²) < 4.78 is 7.77. The molecule has 0 aliphatic carbocycles. The van der Waals surface area contributed by atoms with Gasteiger partial charge in [-0.3, -0.25) is 4.90 Å². The fourth-order valence-electron chi connectivity index (χ4n) is 3.34. The summed E-state index contributed by atoms with van der Waals surface area (Å²) in [6.07, 6.45) is 5.16. The third-order valence-corrected chi connectivity index (χ3v) is 4.59. The number of fused-ring (bicyclic) bond motifs is 1. The lowest BCUT2D eigenvalue weighted by Crippen LogP contribution is -2.37. The third kappa shape index (κ3) is 3.54. The van der Waals surface area contributed by atoms with Crippen molar-refractivity contribution in [3.63, 3.8) is 0 Å². The Morgan fingerprint density at radius 2 is 2.30 bits per heavy atom. The molecular weight excluding hydrogens is 290 g/mol. The molecular formula is C17H23N5O. The summed E-state index contributed by atoms with van der Waals surface area (Å²) in [5.41, 5.74) is 1.08. The summed E-state index contributed by atoms with van der Waals surface area (Å²) in [4.78, 5) is 11.6. The van der Waals surface area contributed by atoms with Gasteiger partial charge >= 0.3 is 0 Å². The molecule has 0 aromatic carbocycles. The van der Waals surface area contributed by atoms with Crippen molar-refractivity contribution in [3.05, 3.63) is 42.1 Å². The second-order valence-corrected chi connectivity index (χ2v) is 6.38. The van der Waals surface area contributed by atoms with Crippen LogP contribution in [-0.2, 0) is 24.4 Å². The zero-order valence-corrected chi connectivity index (χ0v) is 13.3. The second-order valence-electron chi connectivity index (χ2n) is 6.38. The van der Waals surface area contributed by atoms with Gasteiger partial charge in [-0.1, -0.05) is 6.07 Å². The van der Waals surface area contributed by atoms with Crippen molar-refractivity contribution in [2.24, 2.45) is 5.92 Å². The van der Waals surface area contributed by atoms with Gasteiger partial charge in [0.15, 0.2) is 0 Å². The largest absolute Gasteiger partial charge is 0.381 e. The van der Waals surface area contributed by atoms with E-state index in [-0.39, 0.29) is 0 Å². The van der Waals surface area contributed by atoms with Crippen LogP contribution < -0.4 is 5.32 Å². The fraction of sp³-hybridized carbons (Fsp3) is 0.529. The highest BCUT2D eigenvalue weighted by molar-refractivity contribution is 5.33. The standard InChI is InChI=1S/C17H23N5O/c1-2-5-18-16(3-1)19-9-15-11-22-7-6-21(12-17(22)20-15)10-14-4-8-23-13-14/h1-3,5,11,14H,4,6-10,12-13H2,(H,18,19). The van der Waals surface area contributed by atoms with Gasteiger partial charge in [0, 0.05) is 38.6 Å². The normalized spacial score (nSPS) is 21.3. The van der Waals surface area contributed by atoms with Crippen molar-refractivity contribution in [2.45, 2.75) is 26.1 Å². The molecule has 1 fully saturated rings. The predicted molar refractivity (Wildman–Crippen MR) is 88.0 cm³/mol. The molecule has 0 radical (unpaired) electrons. The lowest BCUT2D eigenvalue weighted by atomic mass is 10.1. The smallest absolute Gasteiger partial charge is 0.126 e. The highest BCUT2D eigenvalue weighted by atomic mass is 16.5. The Balaban J connectivity index is 1.35. The number of ether oxygens (including phenoxy) is 1. The Bertz CT molecular complexity index is 636. The van der Waals surface area contributed by atoms with Gasteiger partial charge in [0.25, 0.3) is 0 Å². The van der Waals surface area contributed by atoms with Crippen LogP contribution in [0.5, 0.6) is 0 Å². The van der Waals surface area contributed by atoms with Crippen LogP contribution in [0.25, 0.3) is 0 Å². The molecule has 2 aromatic heterocycles. The van der Waals surface area contributed by atoms with Crippen molar-refractivity contribution < 1.29 is 4.74 Å². The van der Waals surface area contributed by atoms with Gasteiger partial charge < -0.3 is 14.6 Å². The molecule has 0 saturated carbocycles. The predicted octanol–water partition coefficient (Wildman–Crippen LogP) is 1.74. The van der Waals surface area contributed by atoms with E-state index in [1.54, 1.807) is 6.20 Å². The van der Waals surface area contributed by atoms with E-state index >= 15 is 0 Å². The van der Waals surface area contributed by atoms with Crippen LogP contribution in [0, 0.1) is 5.92 Å². The number of pyridine rings is 1. The van der Waals surface area contributed by atoms with Gasteiger partial charge in [0.2, 0.25) is 0 Å². The minimum atomic E-state index is 0.696. The Labute approximate surface area is 136 Å². The van der Waals surface area contributed by atoms with Crippen LogP contribution >= 0.6 is 0 Å². The molecule has 4 rings (SSSR count). The van der Waals surface area contributed by atoms with E-state index in [1.807, 2.05) is 18.2 Å². The minimum absolute atomic E-state index is 0.696. The lowest BCUT2D eigenvalue weighted by molar-refractivity contribution is 0.152. The van der Waals surface area contributed by atoms with Gasteiger partial charge in [-0.2, -0.15) is 0 Å². The number of aromatic nitrogens is 3. The van der Waals surface area contributed by atoms with Gasteiger partial charge in [-0.25, -0.2) is 9.97 Å². The molecule has 0 bridgehead atoms. The van der Waals surface area contributed by atoms with E-state index in [1.165, 1.54) is 12.2 Å². The van der Waals surface area contributed by atoms with Crippen molar-refractivity contribution in [1.29, 1.82) is 0 Å². The Morgan fingerprint density at radius 3 is 3.13 bits per heavy atom. The Morgan fingerprint density at radius 1 is 1.30 bits per heavy atom. The maximum Gasteiger partial charge on any atom is 0.126 e. The first-order valence-corrected chi connectivity index (χ1v) is 8.37. The minimum Gasteiger partial charge on any atom is -0.381 e. The van der Waals surface area contributed by atoms with Gasteiger partial charge in [0.1, 0.15) is 11.6 Å². The molecule has 1 unspecified atom stereocenters. The molecule has 1 saturated heterocycles. The average molecular weight is 313 g/mol. The molecule has 1 N–H and O–H groups in total. The number of imidazole rings is 1. The number of nitrogens with zero attached hydrogens (tertiary/aromatic N) is 4. The van der Waals surface area contributed by atoms with E-state index in [0.717, 1.165) is 50.9 Å². The number of nitrogens with one attached hydrogen (secondary N) is 1. The number of anilines is 1. The first-order valence-electron chi connectivity index (χ1n) is 8.37. The molecule has 122 valence electrons. The van der Waals surface area contributed by atoms with Crippen LogP contribution in [0.1, 0.15) is 17.9 Å². The van der Waals surface area contributed by atoms with Crippen molar-refractivity contribution in [2.75, 3.05) is 31.6 Å². The molecule has 23 heavy (non-hydrogen) atoms. The summed E-state index contributed by atoms with van der Waals surface area (Å²) >= 11 is 0. The highest BCUT2D eigenvalue weighted by Gasteiger charge is 2.23. The van der Waals surface area contributed by atoms with Crippen molar-refractivity contribution >= 4 is 5.82 Å². The van der Waals surface area contributed by atoms with Crippen LogP contribution in [-0.4, -0.2) is 45.7 Å². The maximum absolute atomic E-state index is 5.48. The monoisotopic (exact) mass is 313 g/mol. The Hall–Kier alpha value is -1.92. The topological polar surface area (TPSA) is 55.2 Å². The number of hydrogen-bond acceptors (Lipinski definition) is 5. The van der Waals surface area contributed by atoms with E-state index in [9.17, 15) is 0 Å². The third-order valence-electron chi connectivity index (χ3n) is 4.59.